The molecule has 33 heavy (non-hydrogen) atoms. The summed E-state index contributed by atoms with van der Waals surface area (Å²) >= 11 is 0. The van der Waals surface area contributed by atoms with Crippen LogP contribution in [-0.4, -0.2) is 31.0 Å². The summed E-state index contributed by atoms with van der Waals surface area (Å²) in [5, 5.41) is 11.3. The van der Waals surface area contributed by atoms with Crippen LogP contribution >= 0.6 is 0 Å². The normalized spacial score (nSPS) is 17.3. The second-order valence-electron chi connectivity index (χ2n) is 7.59. The minimum atomic E-state index is -1.00. The Morgan fingerprint density at radius 3 is 2.36 bits per heavy atom. The van der Waals surface area contributed by atoms with Crippen LogP contribution in [0.25, 0.3) is 5.76 Å². The highest BCUT2D eigenvalue weighted by Gasteiger charge is 2.48. The zero-order valence-electron chi connectivity index (χ0n) is 18.3. The molecule has 1 unspecified atom stereocenters. The van der Waals surface area contributed by atoms with E-state index in [1.165, 1.54) is 31.3 Å². The number of aliphatic hydroxyl groups is 1. The van der Waals surface area contributed by atoms with E-state index < -0.39 is 29.3 Å². The molecule has 1 aliphatic heterocycles. The topological polar surface area (TPSA) is 76.1 Å². The van der Waals surface area contributed by atoms with E-state index in [1.807, 2.05) is 13.0 Å². The molecule has 1 amide bonds. The van der Waals surface area contributed by atoms with Crippen LogP contribution in [0, 0.1) is 12.7 Å². The molecule has 1 heterocycles. The molecule has 1 saturated heterocycles. The van der Waals surface area contributed by atoms with Crippen LogP contribution in [0.2, 0.25) is 0 Å². The Kier molecular flexibility index (Phi) is 5.87. The molecule has 0 saturated carbocycles. The van der Waals surface area contributed by atoms with Gasteiger partial charge in [0, 0.05) is 11.3 Å². The van der Waals surface area contributed by atoms with Gasteiger partial charge in [-0.25, -0.2) is 4.39 Å². The number of carbonyl (C=O) groups excluding carboxylic acids is 2. The highest BCUT2D eigenvalue weighted by Crippen LogP contribution is 2.45. The predicted molar refractivity (Wildman–Crippen MR) is 122 cm³/mol. The molecule has 0 aromatic heterocycles. The number of carbonyl (C=O) groups is 2. The minimum Gasteiger partial charge on any atom is -0.507 e. The van der Waals surface area contributed by atoms with Gasteiger partial charge in [0.2, 0.25) is 0 Å². The number of aliphatic hydroxyl groups excluding tert-OH is 1. The zero-order valence-corrected chi connectivity index (χ0v) is 18.3. The van der Waals surface area contributed by atoms with Crippen molar-refractivity contribution < 1.29 is 28.6 Å². The van der Waals surface area contributed by atoms with Gasteiger partial charge >= 0.3 is 0 Å². The zero-order chi connectivity index (χ0) is 23.7. The molecule has 168 valence electrons. The minimum absolute atomic E-state index is 0.0281. The highest BCUT2D eigenvalue weighted by atomic mass is 19.1. The second kappa shape index (κ2) is 8.78. The van der Waals surface area contributed by atoms with Crippen LogP contribution in [0.3, 0.4) is 0 Å². The first-order valence-corrected chi connectivity index (χ1v) is 10.2. The molecule has 1 N–H and O–H groups in total. The van der Waals surface area contributed by atoms with Crippen LogP contribution < -0.4 is 14.4 Å². The number of methoxy groups -OCH3 is 2. The Morgan fingerprint density at radius 2 is 1.67 bits per heavy atom. The molecule has 3 aromatic carbocycles. The third-order valence-electron chi connectivity index (χ3n) is 5.57. The maximum atomic E-state index is 14.1. The summed E-state index contributed by atoms with van der Waals surface area (Å²) in [6.45, 7) is 1.87. The van der Waals surface area contributed by atoms with E-state index in [4.69, 9.17) is 9.47 Å². The molecule has 6 nitrogen and oxygen atoms in total. The fraction of sp³-hybridized carbons (Fsp3) is 0.154. The maximum Gasteiger partial charge on any atom is 0.300 e. The van der Waals surface area contributed by atoms with Gasteiger partial charge in [-0.3, -0.25) is 14.5 Å². The summed E-state index contributed by atoms with van der Waals surface area (Å²) < 4.78 is 24.8. The van der Waals surface area contributed by atoms with Crippen LogP contribution in [-0.2, 0) is 9.59 Å². The Labute approximate surface area is 190 Å². The number of aryl methyl sites for hydroxylation is 1. The van der Waals surface area contributed by atoms with Crippen LogP contribution in [0.1, 0.15) is 22.7 Å². The Bertz CT molecular complexity index is 1280. The molecular formula is C26H22FNO5. The van der Waals surface area contributed by atoms with Gasteiger partial charge in [0.1, 0.15) is 23.1 Å². The predicted octanol–water partition coefficient (Wildman–Crippen LogP) is 4.78. The van der Waals surface area contributed by atoms with Gasteiger partial charge in [-0.2, -0.15) is 0 Å². The number of amides is 1. The molecule has 0 radical (unpaired) electrons. The van der Waals surface area contributed by atoms with Gasteiger partial charge in [-0.1, -0.05) is 30.3 Å². The van der Waals surface area contributed by atoms with Crippen LogP contribution in [0.15, 0.2) is 72.3 Å². The lowest BCUT2D eigenvalue weighted by Gasteiger charge is -2.27. The number of nitrogens with zero attached hydrogens (tertiary/aromatic N) is 1. The van der Waals surface area contributed by atoms with Crippen molar-refractivity contribution in [1.29, 1.82) is 0 Å². The number of para-hydroxylation sites is 1. The van der Waals surface area contributed by atoms with E-state index in [0.29, 0.717) is 17.0 Å². The summed E-state index contributed by atoms with van der Waals surface area (Å²) in [5.74, 6) is -2.27. The number of Topliss-reactive ketones (excluding diaryl/α,β-unsaturated/α-hetero) is 1. The van der Waals surface area contributed by atoms with E-state index in [0.717, 1.165) is 11.6 Å². The number of rotatable bonds is 5. The quantitative estimate of drug-likeness (QED) is 0.346. The van der Waals surface area contributed by atoms with E-state index in [2.05, 4.69) is 0 Å². The number of anilines is 1. The van der Waals surface area contributed by atoms with Gasteiger partial charge in [-0.05, 0) is 48.9 Å². The molecule has 4 rings (SSSR count). The molecular weight excluding hydrogens is 425 g/mol. The molecule has 1 fully saturated rings. The number of halogens is 1. The maximum absolute atomic E-state index is 14.1. The van der Waals surface area contributed by atoms with E-state index in [1.54, 1.807) is 42.5 Å². The first kappa shape index (κ1) is 22.1. The molecule has 1 atom stereocenters. The molecule has 0 spiro atoms. The monoisotopic (exact) mass is 447 g/mol. The Hall–Kier alpha value is -4.13. The van der Waals surface area contributed by atoms with E-state index in [-0.39, 0.29) is 16.9 Å². The number of hydrogen-bond donors (Lipinski definition) is 1. The van der Waals surface area contributed by atoms with Crippen molar-refractivity contribution in [1.82, 2.24) is 0 Å². The SMILES string of the molecule is COc1ccc(F)cc1/C(O)=C1\C(=O)C(=O)N(c2cccc(C)c2)C1c1ccccc1OC. The fourth-order valence-corrected chi connectivity index (χ4v) is 4.07. The fourth-order valence-electron chi connectivity index (χ4n) is 4.07. The highest BCUT2D eigenvalue weighted by molar-refractivity contribution is 6.51. The summed E-state index contributed by atoms with van der Waals surface area (Å²) in [6.07, 6.45) is 0. The van der Waals surface area contributed by atoms with E-state index in [9.17, 15) is 19.1 Å². The number of ether oxygens (including phenoxy) is 2. The second-order valence-corrected chi connectivity index (χ2v) is 7.59. The van der Waals surface area contributed by atoms with Gasteiger partial charge < -0.3 is 14.6 Å². The smallest absolute Gasteiger partial charge is 0.300 e. The Morgan fingerprint density at radius 1 is 0.939 bits per heavy atom. The van der Waals surface area contributed by atoms with Gasteiger partial charge in [0.25, 0.3) is 11.7 Å². The Balaban J connectivity index is 2.03. The summed E-state index contributed by atoms with van der Waals surface area (Å²) in [5.41, 5.74) is 1.66. The summed E-state index contributed by atoms with van der Waals surface area (Å²) in [6, 6.07) is 16.6. The van der Waals surface area contributed by atoms with Crippen molar-refractivity contribution in [3.63, 3.8) is 0 Å². The van der Waals surface area contributed by atoms with Crippen LogP contribution in [0.4, 0.5) is 10.1 Å². The first-order valence-electron chi connectivity index (χ1n) is 10.2. The lowest BCUT2D eigenvalue weighted by molar-refractivity contribution is -0.132. The third kappa shape index (κ3) is 3.82. The van der Waals surface area contributed by atoms with Gasteiger partial charge in [0.05, 0.1) is 31.4 Å². The van der Waals surface area contributed by atoms with E-state index >= 15 is 0 Å². The molecule has 0 aliphatic carbocycles. The van der Waals surface area contributed by atoms with Gasteiger partial charge in [-0.15, -0.1) is 0 Å². The molecule has 1 aliphatic rings. The third-order valence-corrected chi connectivity index (χ3v) is 5.57. The average Bonchev–Trinajstić information content (AvgIpc) is 3.08. The average molecular weight is 447 g/mol. The molecule has 7 heteroatoms. The van der Waals surface area contributed by atoms with Crippen molar-refractivity contribution in [2.45, 2.75) is 13.0 Å². The lowest BCUT2D eigenvalue weighted by atomic mass is 9.94. The number of hydrogen-bond acceptors (Lipinski definition) is 5. The largest absolute Gasteiger partial charge is 0.507 e. The number of benzene rings is 3. The number of ketones is 1. The van der Waals surface area contributed by atoms with Crippen molar-refractivity contribution >= 4 is 23.1 Å². The lowest BCUT2D eigenvalue weighted by Crippen LogP contribution is -2.29. The van der Waals surface area contributed by atoms with Gasteiger partial charge in [0.15, 0.2) is 0 Å². The van der Waals surface area contributed by atoms with Crippen molar-refractivity contribution in [2.24, 2.45) is 0 Å². The molecule has 0 bridgehead atoms. The van der Waals surface area contributed by atoms with Crippen molar-refractivity contribution in [3.8, 4) is 11.5 Å². The standard InChI is InChI=1S/C26H22FNO5/c1-15-7-6-8-17(13-15)28-23(18-9-4-5-10-20(18)32-2)22(25(30)26(28)31)24(29)19-14-16(27)11-12-21(19)33-3/h4-14,23,29H,1-3H3/b24-22+. The van der Waals surface area contributed by atoms with Crippen molar-refractivity contribution in [3.05, 3.63) is 94.8 Å². The van der Waals surface area contributed by atoms with Crippen LogP contribution in [0.5, 0.6) is 11.5 Å². The summed E-state index contributed by atoms with van der Waals surface area (Å²) in [4.78, 5) is 27.8. The summed E-state index contributed by atoms with van der Waals surface area (Å²) in [7, 11) is 2.85. The first-order chi connectivity index (χ1) is 15.9. The van der Waals surface area contributed by atoms with Crippen molar-refractivity contribution in [2.75, 3.05) is 19.1 Å². The molecule has 3 aromatic rings.